The van der Waals surface area contributed by atoms with Crippen molar-refractivity contribution in [3.8, 4) is 11.8 Å². The molecule has 3 aliphatic carbocycles. The molecule has 4 heteroatoms. The molecular weight excluding hydrogens is 377 g/mol. The quantitative estimate of drug-likeness (QED) is 0.602. The lowest BCUT2D eigenvalue weighted by Gasteiger charge is -2.47. The summed E-state index contributed by atoms with van der Waals surface area (Å²) in [4.78, 5) is 11.3. The first-order valence-corrected chi connectivity index (χ1v) is 10.9. The Bertz CT molecular complexity index is 1010. The number of rotatable bonds is 4. The van der Waals surface area contributed by atoms with Crippen molar-refractivity contribution in [2.75, 3.05) is 13.2 Å². The van der Waals surface area contributed by atoms with Crippen LogP contribution in [0.2, 0.25) is 0 Å². The molecule has 30 heavy (non-hydrogen) atoms. The number of hydrogen-bond donors (Lipinski definition) is 1. The Kier molecular flexibility index (Phi) is 5.92. The van der Waals surface area contributed by atoms with Crippen LogP contribution in [0.5, 0.6) is 0 Å². The van der Waals surface area contributed by atoms with Crippen LogP contribution in [0.15, 0.2) is 36.4 Å². The van der Waals surface area contributed by atoms with Crippen molar-refractivity contribution < 1.29 is 13.9 Å². The van der Waals surface area contributed by atoms with Crippen LogP contribution < -0.4 is 5.32 Å². The molecule has 6 rings (SSSR count). The molecule has 1 fully saturated rings. The average molecular weight is 406 g/mol. The Morgan fingerprint density at radius 1 is 1.23 bits per heavy atom. The van der Waals surface area contributed by atoms with Gasteiger partial charge in [-0.25, -0.2) is 4.39 Å². The van der Waals surface area contributed by atoms with Gasteiger partial charge in [-0.2, -0.15) is 0 Å². The molecule has 0 amide bonds. The summed E-state index contributed by atoms with van der Waals surface area (Å²) < 4.78 is 18.5. The van der Waals surface area contributed by atoms with E-state index in [9.17, 15) is 9.18 Å². The maximum Gasteiger partial charge on any atom is 0.310 e. The molecule has 4 bridgehead atoms. The minimum atomic E-state index is -0.409. The normalized spacial score (nSPS) is 20.1. The van der Waals surface area contributed by atoms with Gasteiger partial charge >= 0.3 is 5.97 Å². The molecule has 0 radical (unpaired) electrons. The van der Waals surface area contributed by atoms with Crippen LogP contribution in [0.25, 0.3) is 0 Å². The average Bonchev–Trinajstić information content (AvgIpc) is 3.56. The number of halogens is 1. The standard InChI is InChI=1S/C15H15FO2.C11H13N/c1-2-18-15(17)10-13-8-7-12(9-14(13)16)6-5-11-3-4-11;1-2-11-7-12-6-8-3-4-9(11)5-10(8)11/h7-9,11H,2-4,10H2,1H3;3-5,12H,2,6-7H2,1H3. The maximum atomic E-state index is 13.7. The molecule has 3 nitrogen and oxygen atoms in total. The second-order valence-corrected chi connectivity index (χ2v) is 8.24. The summed E-state index contributed by atoms with van der Waals surface area (Å²) in [5.74, 6) is 5.71. The lowest BCUT2D eigenvalue weighted by atomic mass is 9.61. The van der Waals surface area contributed by atoms with Gasteiger partial charge < -0.3 is 10.1 Å². The molecule has 0 spiro atoms. The van der Waals surface area contributed by atoms with Crippen LogP contribution in [0.4, 0.5) is 4.39 Å². The van der Waals surface area contributed by atoms with E-state index in [-0.39, 0.29) is 6.42 Å². The van der Waals surface area contributed by atoms with Crippen molar-refractivity contribution in [1.29, 1.82) is 0 Å². The number of hydrogen-bond acceptors (Lipinski definition) is 3. The van der Waals surface area contributed by atoms with Crippen LogP contribution in [-0.4, -0.2) is 19.1 Å². The second-order valence-electron chi connectivity index (χ2n) is 8.24. The molecule has 0 saturated heterocycles. The van der Waals surface area contributed by atoms with Crippen molar-refractivity contribution >= 4 is 5.97 Å². The highest BCUT2D eigenvalue weighted by Crippen LogP contribution is 2.47. The zero-order valence-corrected chi connectivity index (χ0v) is 17.7. The fourth-order valence-electron chi connectivity index (χ4n) is 4.23. The Balaban J connectivity index is 0.000000156. The highest BCUT2D eigenvalue weighted by Gasteiger charge is 2.43. The molecule has 0 aromatic heterocycles. The molecule has 1 unspecified atom stereocenters. The smallest absolute Gasteiger partial charge is 0.310 e. The predicted octanol–water partition coefficient (Wildman–Crippen LogP) is 4.49. The minimum Gasteiger partial charge on any atom is -0.466 e. The van der Waals surface area contributed by atoms with E-state index in [1.54, 1.807) is 24.6 Å². The summed E-state index contributed by atoms with van der Waals surface area (Å²) in [5.41, 5.74) is 6.09. The summed E-state index contributed by atoms with van der Waals surface area (Å²) in [5, 5.41) is 3.49. The van der Waals surface area contributed by atoms with E-state index in [1.807, 2.05) is 0 Å². The van der Waals surface area contributed by atoms with Crippen LogP contribution in [0, 0.1) is 23.6 Å². The first kappa shape index (κ1) is 20.6. The second kappa shape index (κ2) is 8.62. The summed E-state index contributed by atoms with van der Waals surface area (Å²) in [6, 6.07) is 11.7. The van der Waals surface area contributed by atoms with E-state index in [0.717, 1.165) is 25.9 Å². The third-order valence-corrected chi connectivity index (χ3v) is 6.21. The predicted molar refractivity (Wildman–Crippen MR) is 116 cm³/mol. The zero-order chi connectivity index (χ0) is 21.1. The van der Waals surface area contributed by atoms with E-state index in [1.165, 1.54) is 23.6 Å². The minimum absolute atomic E-state index is 0.0317. The Morgan fingerprint density at radius 3 is 2.70 bits per heavy atom. The summed E-state index contributed by atoms with van der Waals surface area (Å²) >= 11 is 0. The lowest BCUT2D eigenvalue weighted by molar-refractivity contribution is -0.142. The monoisotopic (exact) mass is 405 g/mol. The fraction of sp³-hybridized carbons (Fsp3) is 0.423. The number of esters is 1. The highest BCUT2D eigenvalue weighted by molar-refractivity contribution is 5.72. The fourth-order valence-corrected chi connectivity index (χ4v) is 4.23. The van der Waals surface area contributed by atoms with Crippen LogP contribution >= 0.6 is 0 Å². The molecule has 2 aromatic carbocycles. The van der Waals surface area contributed by atoms with Crippen molar-refractivity contribution in [3.63, 3.8) is 0 Å². The van der Waals surface area contributed by atoms with E-state index in [0.29, 0.717) is 29.1 Å². The maximum absolute atomic E-state index is 13.7. The van der Waals surface area contributed by atoms with Crippen LogP contribution in [0.1, 0.15) is 60.9 Å². The topological polar surface area (TPSA) is 38.3 Å². The number of fused-ring (bicyclic) bond motifs is 1. The molecule has 1 saturated carbocycles. The number of carbonyl (C=O) groups excluding carboxylic acids is 1. The van der Waals surface area contributed by atoms with Crippen molar-refractivity contribution in [1.82, 2.24) is 5.32 Å². The van der Waals surface area contributed by atoms with Gasteiger partial charge in [0.15, 0.2) is 0 Å². The van der Waals surface area contributed by atoms with Gasteiger partial charge in [-0.3, -0.25) is 4.79 Å². The number of nitrogens with one attached hydrogen (secondary N) is 1. The van der Waals surface area contributed by atoms with E-state index < -0.39 is 11.8 Å². The summed E-state index contributed by atoms with van der Waals surface area (Å²) in [6.07, 6.45) is 3.51. The van der Waals surface area contributed by atoms with E-state index in [4.69, 9.17) is 4.74 Å². The van der Waals surface area contributed by atoms with Gasteiger partial charge in [-0.05, 0) is 60.6 Å². The largest absolute Gasteiger partial charge is 0.466 e. The molecule has 1 heterocycles. The molecule has 4 aliphatic rings. The third-order valence-electron chi connectivity index (χ3n) is 6.21. The van der Waals surface area contributed by atoms with Gasteiger partial charge in [0.2, 0.25) is 0 Å². The van der Waals surface area contributed by atoms with Crippen molar-refractivity contribution in [2.24, 2.45) is 5.92 Å². The lowest BCUT2D eigenvalue weighted by Crippen LogP contribution is -2.48. The highest BCUT2D eigenvalue weighted by atomic mass is 19.1. The van der Waals surface area contributed by atoms with Crippen molar-refractivity contribution in [3.05, 3.63) is 70.0 Å². The zero-order valence-electron chi connectivity index (χ0n) is 17.7. The number of ether oxygens (including phenoxy) is 1. The van der Waals surface area contributed by atoms with Crippen LogP contribution in [-0.2, 0) is 27.9 Å². The third kappa shape index (κ3) is 4.13. The van der Waals surface area contributed by atoms with Gasteiger partial charge in [0.25, 0.3) is 0 Å². The van der Waals surface area contributed by atoms with Gasteiger partial charge in [0.05, 0.1) is 13.0 Å². The first-order valence-electron chi connectivity index (χ1n) is 10.9. The SMILES string of the molecule is CCC12CNCc3ccc1cc32.CCOC(=O)Cc1ccc(C#CC2CC2)cc1F. The van der Waals surface area contributed by atoms with Gasteiger partial charge in [0, 0.05) is 30.0 Å². The van der Waals surface area contributed by atoms with Gasteiger partial charge in [0.1, 0.15) is 5.82 Å². The van der Waals surface area contributed by atoms with Crippen molar-refractivity contribution in [2.45, 2.75) is 51.5 Å². The number of carbonyl (C=O) groups is 1. The molecule has 1 N–H and O–H groups in total. The molecule has 2 aromatic rings. The Labute approximate surface area is 178 Å². The Hall–Kier alpha value is -2.64. The molecular formula is C26H28FNO2. The number of benzene rings is 2. The van der Waals surface area contributed by atoms with Crippen LogP contribution in [0.3, 0.4) is 0 Å². The van der Waals surface area contributed by atoms with E-state index in [2.05, 4.69) is 42.3 Å². The molecule has 156 valence electrons. The molecule has 1 aliphatic heterocycles. The Morgan fingerprint density at radius 2 is 2.07 bits per heavy atom. The summed E-state index contributed by atoms with van der Waals surface area (Å²) in [7, 11) is 0. The first-order chi connectivity index (χ1) is 14.6. The van der Waals surface area contributed by atoms with Gasteiger partial charge in [-0.1, -0.05) is 43.0 Å². The summed E-state index contributed by atoms with van der Waals surface area (Å²) in [6.45, 7) is 6.54. The van der Waals surface area contributed by atoms with E-state index >= 15 is 0 Å². The molecule has 1 atom stereocenters. The van der Waals surface area contributed by atoms with Gasteiger partial charge in [-0.15, -0.1) is 0 Å².